The number of hydrogen-bond donors (Lipinski definition) is 2. The summed E-state index contributed by atoms with van der Waals surface area (Å²) in [7, 11) is 0. The maximum Gasteiger partial charge on any atom is 0.323 e. The zero-order valence-corrected chi connectivity index (χ0v) is 13.6. The van der Waals surface area contributed by atoms with E-state index in [1.54, 1.807) is 18.2 Å². The zero-order chi connectivity index (χ0) is 14.7. The Labute approximate surface area is 135 Å². The Bertz CT molecular complexity index is 662. The first-order valence-corrected chi connectivity index (χ1v) is 7.30. The van der Waals surface area contributed by atoms with Crippen LogP contribution in [0.15, 0.2) is 40.9 Å². The predicted octanol–water partition coefficient (Wildman–Crippen LogP) is 5.71. The van der Waals surface area contributed by atoms with Crippen LogP contribution < -0.4 is 10.6 Å². The first-order chi connectivity index (χ1) is 9.45. The van der Waals surface area contributed by atoms with Crippen LogP contribution in [0.3, 0.4) is 0 Å². The number of aryl methyl sites for hydroxylation is 1. The van der Waals surface area contributed by atoms with Gasteiger partial charge in [0.15, 0.2) is 0 Å². The van der Waals surface area contributed by atoms with Crippen LogP contribution in [0.1, 0.15) is 5.56 Å². The predicted molar refractivity (Wildman–Crippen MR) is 88.0 cm³/mol. The number of amides is 2. The second kappa shape index (κ2) is 6.48. The summed E-state index contributed by atoms with van der Waals surface area (Å²) in [5.74, 6) is 0. The van der Waals surface area contributed by atoms with E-state index in [0.29, 0.717) is 21.4 Å². The molecule has 2 aromatic carbocycles. The number of benzene rings is 2. The van der Waals surface area contributed by atoms with E-state index in [4.69, 9.17) is 23.2 Å². The fourth-order valence-electron chi connectivity index (χ4n) is 1.55. The maximum atomic E-state index is 11.9. The van der Waals surface area contributed by atoms with Gasteiger partial charge in [-0.1, -0.05) is 45.2 Å². The van der Waals surface area contributed by atoms with Crippen molar-refractivity contribution in [2.45, 2.75) is 6.92 Å². The van der Waals surface area contributed by atoms with Gasteiger partial charge >= 0.3 is 6.03 Å². The maximum absolute atomic E-state index is 11.9. The van der Waals surface area contributed by atoms with Crippen LogP contribution in [0.5, 0.6) is 0 Å². The molecular formula is C14H11BrCl2N2O. The first kappa shape index (κ1) is 15.2. The molecule has 6 heteroatoms. The van der Waals surface area contributed by atoms with Crippen LogP contribution in [0.2, 0.25) is 10.0 Å². The van der Waals surface area contributed by atoms with Gasteiger partial charge in [0.25, 0.3) is 0 Å². The van der Waals surface area contributed by atoms with E-state index in [2.05, 4.69) is 26.6 Å². The molecule has 2 aromatic rings. The molecule has 3 nitrogen and oxygen atoms in total. The van der Waals surface area contributed by atoms with Gasteiger partial charge in [-0.15, -0.1) is 0 Å². The Morgan fingerprint density at radius 2 is 1.85 bits per heavy atom. The molecule has 0 atom stereocenters. The minimum Gasteiger partial charge on any atom is -0.308 e. The Morgan fingerprint density at radius 1 is 1.10 bits per heavy atom. The van der Waals surface area contributed by atoms with Gasteiger partial charge in [-0.05, 0) is 42.8 Å². The van der Waals surface area contributed by atoms with Crippen molar-refractivity contribution in [1.82, 2.24) is 0 Å². The summed E-state index contributed by atoms with van der Waals surface area (Å²) in [5.41, 5.74) is 2.23. The smallest absolute Gasteiger partial charge is 0.308 e. The summed E-state index contributed by atoms with van der Waals surface area (Å²) in [6.45, 7) is 1.97. The summed E-state index contributed by atoms with van der Waals surface area (Å²) < 4.78 is 0.927. The number of nitrogens with one attached hydrogen (secondary N) is 2. The molecule has 0 heterocycles. The molecule has 0 bridgehead atoms. The highest BCUT2D eigenvalue weighted by Crippen LogP contribution is 2.26. The monoisotopic (exact) mass is 372 g/mol. The Balaban J connectivity index is 2.09. The fourth-order valence-corrected chi connectivity index (χ4v) is 2.26. The first-order valence-electron chi connectivity index (χ1n) is 5.75. The minimum atomic E-state index is -0.384. The van der Waals surface area contributed by atoms with Crippen molar-refractivity contribution in [3.8, 4) is 0 Å². The Kier molecular flexibility index (Phi) is 4.91. The third kappa shape index (κ3) is 3.88. The van der Waals surface area contributed by atoms with Gasteiger partial charge in [-0.2, -0.15) is 0 Å². The molecule has 104 valence electrons. The Morgan fingerprint density at radius 3 is 2.55 bits per heavy atom. The molecule has 0 saturated heterocycles. The number of rotatable bonds is 2. The topological polar surface area (TPSA) is 41.1 Å². The normalized spacial score (nSPS) is 10.2. The number of hydrogen-bond acceptors (Lipinski definition) is 1. The molecule has 2 amide bonds. The van der Waals surface area contributed by atoms with Gasteiger partial charge in [0.1, 0.15) is 0 Å². The second-order valence-electron chi connectivity index (χ2n) is 4.17. The lowest BCUT2D eigenvalue weighted by atomic mass is 10.2. The Hall–Kier alpha value is -1.23. The van der Waals surface area contributed by atoms with Crippen molar-refractivity contribution in [2.75, 3.05) is 10.6 Å². The molecule has 2 N–H and O–H groups in total. The van der Waals surface area contributed by atoms with E-state index in [1.807, 2.05) is 25.1 Å². The fraction of sp³-hybridized carbons (Fsp3) is 0.0714. The summed E-state index contributed by atoms with van der Waals surface area (Å²) in [6, 6.07) is 10.0. The van der Waals surface area contributed by atoms with Crippen LogP contribution in [-0.2, 0) is 0 Å². The van der Waals surface area contributed by atoms with Crippen LogP contribution in [0.4, 0.5) is 16.2 Å². The van der Waals surface area contributed by atoms with E-state index in [1.165, 1.54) is 0 Å². The third-order valence-corrected chi connectivity index (χ3v) is 4.03. The minimum absolute atomic E-state index is 0.384. The molecule has 2 rings (SSSR count). The summed E-state index contributed by atoms with van der Waals surface area (Å²) >= 11 is 15.3. The van der Waals surface area contributed by atoms with Crippen LogP contribution >= 0.6 is 39.1 Å². The molecule has 20 heavy (non-hydrogen) atoms. The lowest BCUT2D eigenvalue weighted by Gasteiger charge is -2.10. The van der Waals surface area contributed by atoms with Crippen molar-refractivity contribution in [3.05, 3.63) is 56.5 Å². The average molecular weight is 374 g/mol. The van der Waals surface area contributed by atoms with E-state index in [0.717, 1.165) is 10.0 Å². The highest BCUT2D eigenvalue weighted by atomic mass is 79.9. The van der Waals surface area contributed by atoms with E-state index in [9.17, 15) is 4.79 Å². The zero-order valence-electron chi connectivity index (χ0n) is 10.5. The van der Waals surface area contributed by atoms with Crippen molar-refractivity contribution >= 4 is 56.5 Å². The van der Waals surface area contributed by atoms with Crippen molar-refractivity contribution in [1.29, 1.82) is 0 Å². The lowest BCUT2D eigenvalue weighted by molar-refractivity contribution is 0.262. The van der Waals surface area contributed by atoms with E-state index in [-0.39, 0.29) is 6.03 Å². The molecular weight excluding hydrogens is 363 g/mol. The molecule has 0 aliphatic carbocycles. The quantitative estimate of drug-likeness (QED) is 0.695. The van der Waals surface area contributed by atoms with Crippen molar-refractivity contribution in [3.63, 3.8) is 0 Å². The van der Waals surface area contributed by atoms with Gasteiger partial charge in [-0.25, -0.2) is 4.79 Å². The average Bonchev–Trinajstić information content (AvgIpc) is 2.38. The lowest BCUT2D eigenvalue weighted by Crippen LogP contribution is -2.19. The van der Waals surface area contributed by atoms with Gasteiger partial charge in [-0.3, -0.25) is 0 Å². The van der Waals surface area contributed by atoms with Crippen LogP contribution in [0, 0.1) is 6.92 Å². The summed E-state index contributed by atoms with van der Waals surface area (Å²) in [4.78, 5) is 11.9. The van der Waals surface area contributed by atoms with Gasteiger partial charge in [0, 0.05) is 15.2 Å². The van der Waals surface area contributed by atoms with Gasteiger partial charge in [0.05, 0.1) is 10.7 Å². The largest absolute Gasteiger partial charge is 0.323 e. The number of anilines is 2. The van der Waals surface area contributed by atoms with Gasteiger partial charge in [0.2, 0.25) is 0 Å². The van der Waals surface area contributed by atoms with E-state index < -0.39 is 0 Å². The van der Waals surface area contributed by atoms with Crippen molar-refractivity contribution in [2.24, 2.45) is 0 Å². The molecule has 0 spiro atoms. The SMILES string of the molecule is Cc1ccc(NC(=O)Nc2cc(Cl)ccc2Cl)cc1Br. The van der Waals surface area contributed by atoms with Crippen molar-refractivity contribution < 1.29 is 4.79 Å². The van der Waals surface area contributed by atoms with E-state index >= 15 is 0 Å². The highest BCUT2D eigenvalue weighted by molar-refractivity contribution is 9.10. The molecule has 0 fully saturated rings. The molecule has 0 radical (unpaired) electrons. The molecule has 0 aliphatic rings. The number of urea groups is 1. The number of carbonyl (C=O) groups is 1. The molecule has 0 unspecified atom stereocenters. The summed E-state index contributed by atoms with van der Waals surface area (Å²) in [5, 5.41) is 6.30. The van der Waals surface area contributed by atoms with Crippen LogP contribution in [0.25, 0.3) is 0 Å². The number of carbonyl (C=O) groups excluding carboxylic acids is 1. The standard InChI is InChI=1S/C14H11BrCl2N2O/c1-8-2-4-10(7-11(8)15)18-14(20)19-13-6-9(16)3-5-12(13)17/h2-7H,1H3,(H2,18,19,20). The molecule has 0 saturated carbocycles. The molecule has 0 aromatic heterocycles. The second-order valence-corrected chi connectivity index (χ2v) is 5.87. The summed E-state index contributed by atoms with van der Waals surface area (Å²) in [6.07, 6.45) is 0. The molecule has 0 aliphatic heterocycles. The van der Waals surface area contributed by atoms with Crippen LogP contribution in [-0.4, -0.2) is 6.03 Å². The number of halogens is 3. The highest BCUT2D eigenvalue weighted by Gasteiger charge is 2.07. The third-order valence-electron chi connectivity index (χ3n) is 2.61. The van der Waals surface area contributed by atoms with Gasteiger partial charge < -0.3 is 10.6 Å².